The minimum atomic E-state index is -3.49. The number of nitrogens with one attached hydrogen (secondary N) is 1. The molecule has 2 rings (SSSR count). The van der Waals surface area contributed by atoms with Crippen LogP contribution in [0.1, 0.15) is 36.4 Å². The molecule has 8 heteroatoms. The fourth-order valence-corrected chi connectivity index (χ4v) is 4.88. The number of hydrogen-bond acceptors (Lipinski definition) is 6. The van der Waals surface area contributed by atoms with Crippen molar-refractivity contribution in [1.29, 1.82) is 0 Å². The molecule has 0 unspecified atom stereocenters. The lowest BCUT2D eigenvalue weighted by Crippen LogP contribution is -2.25. The number of nitrogens with two attached hydrogens (primary N) is 1. The Kier molecular flexibility index (Phi) is 4.48. The first-order chi connectivity index (χ1) is 9.79. The number of carbonyl (C=O) groups excluding carboxylic acids is 1. The van der Waals surface area contributed by atoms with E-state index in [1.54, 1.807) is 0 Å². The van der Waals surface area contributed by atoms with Crippen molar-refractivity contribution in [2.45, 2.75) is 37.6 Å². The molecule has 0 aromatic carbocycles. The number of carbonyl (C=O) groups is 1. The van der Waals surface area contributed by atoms with Crippen molar-refractivity contribution in [1.82, 2.24) is 5.32 Å². The predicted molar refractivity (Wildman–Crippen MR) is 85.9 cm³/mol. The van der Waals surface area contributed by atoms with Crippen LogP contribution in [-0.4, -0.2) is 39.7 Å². The second kappa shape index (κ2) is 5.84. The first-order valence-electron chi connectivity index (χ1n) is 6.97. The number of sulfone groups is 1. The molecule has 0 spiro atoms. The van der Waals surface area contributed by atoms with Crippen LogP contribution in [-0.2, 0) is 9.84 Å². The molecule has 0 atom stereocenters. The predicted octanol–water partition coefficient (Wildman–Crippen LogP) is 1.47. The Hall–Kier alpha value is -1.28. The molecular weight excluding hydrogens is 310 g/mol. The largest absolute Gasteiger partial charge is 0.396 e. The Morgan fingerprint density at radius 2 is 1.95 bits per heavy atom. The highest BCUT2D eigenvalue weighted by molar-refractivity contribution is 7.91. The first-order valence-corrected chi connectivity index (χ1v) is 9.68. The molecule has 3 N–H and O–H groups in total. The van der Waals surface area contributed by atoms with Crippen LogP contribution in [0, 0.1) is 0 Å². The summed E-state index contributed by atoms with van der Waals surface area (Å²) < 4.78 is 24.1. The number of hydrogen-bond donors (Lipinski definition) is 2. The summed E-state index contributed by atoms with van der Waals surface area (Å²) in [6.07, 6.45) is 3.07. The molecule has 1 heterocycles. The molecule has 1 aromatic heterocycles. The van der Waals surface area contributed by atoms with E-state index in [2.05, 4.69) is 5.32 Å². The van der Waals surface area contributed by atoms with Crippen LogP contribution in [0.3, 0.4) is 0 Å². The van der Waals surface area contributed by atoms with Crippen LogP contribution in [0.5, 0.6) is 0 Å². The van der Waals surface area contributed by atoms with E-state index in [0.717, 1.165) is 30.4 Å². The normalized spacial score (nSPS) is 15.0. The summed E-state index contributed by atoms with van der Waals surface area (Å²) in [5.74, 6) is -0.275. The first kappa shape index (κ1) is 16.1. The van der Waals surface area contributed by atoms with Gasteiger partial charge in [0, 0.05) is 25.4 Å². The van der Waals surface area contributed by atoms with E-state index in [9.17, 15) is 13.2 Å². The monoisotopic (exact) mass is 331 g/mol. The van der Waals surface area contributed by atoms with E-state index in [1.807, 2.05) is 18.7 Å². The molecule has 1 saturated carbocycles. The third-order valence-electron chi connectivity index (χ3n) is 3.42. The van der Waals surface area contributed by atoms with Gasteiger partial charge in [0.15, 0.2) is 9.84 Å². The molecule has 0 radical (unpaired) electrons. The summed E-state index contributed by atoms with van der Waals surface area (Å²) in [4.78, 5) is 14.5. The van der Waals surface area contributed by atoms with Crippen LogP contribution in [0.25, 0.3) is 0 Å². The summed E-state index contributed by atoms with van der Waals surface area (Å²) in [7, 11) is -3.49. The maximum atomic E-state index is 12.2. The third-order valence-corrected chi connectivity index (χ3v) is 5.97. The lowest BCUT2D eigenvalue weighted by Gasteiger charge is -2.20. The zero-order valence-corrected chi connectivity index (χ0v) is 14.1. The molecule has 0 saturated heterocycles. The Morgan fingerprint density at radius 3 is 2.38 bits per heavy atom. The summed E-state index contributed by atoms with van der Waals surface area (Å²) in [6, 6.07) is 0.206. The Balaban J connectivity index is 2.50. The third kappa shape index (κ3) is 3.32. The van der Waals surface area contributed by atoms with Gasteiger partial charge in [-0.3, -0.25) is 4.79 Å². The van der Waals surface area contributed by atoms with Crippen molar-refractivity contribution in [2.24, 2.45) is 0 Å². The van der Waals surface area contributed by atoms with Gasteiger partial charge < -0.3 is 16.0 Å². The molecule has 118 valence electrons. The van der Waals surface area contributed by atoms with Gasteiger partial charge in [0.1, 0.15) is 14.8 Å². The van der Waals surface area contributed by atoms with Crippen LogP contribution in [0.2, 0.25) is 0 Å². The van der Waals surface area contributed by atoms with Crippen LogP contribution in [0.15, 0.2) is 4.90 Å². The van der Waals surface area contributed by atoms with E-state index in [0.29, 0.717) is 23.0 Å². The van der Waals surface area contributed by atoms with Gasteiger partial charge in [0.25, 0.3) is 5.91 Å². The zero-order valence-electron chi connectivity index (χ0n) is 12.5. The number of thiophene rings is 1. The van der Waals surface area contributed by atoms with Gasteiger partial charge in [-0.05, 0) is 26.7 Å². The number of rotatable bonds is 6. The van der Waals surface area contributed by atoms with Gasteiger partial charge in [-0.2, -0.15) is 0 Å². The van der Waals surface area contributed by atoms with Crippen LogP contribution >= 0.6 is 11.3 Å². The minimum absolute atomic E-state index is 0.0718. The van der Waals surface area contributed by atoms with Gasteiger partial charge in [-0.1, -0.05) is 0 Å². The van der Waals surface area contributed by atoms with E-state index in [1.165, 1.54) is 0 Å². The topological polar surface area (TPSA) is 92.5 Å². The summed E-state index contributed by atoms with van der Waals surface area (Å²) in [6.45, 7) is 5.19. The van der Waals surface area contributed by atoms with E-state index < -0.39 is 9.84 Å². The molecule has 1 aliphatic carbocycles. The van der Waals surface area contributed by atoms with Gasteiger partial charge in [-0.15, -0.1) is 11.3 Å². The van der Waals surface area contributed by atoms with Gasteiger partial charge in [-0.25, -0.2) is 8.42 Å². The molecule has 1 aliphatic rings. The molecule has 0 aliphatic heterocycles. The van der Waals surface area contributed by atoms with Crippen molar-refractivity contribution >= 4 is 37.8 Å². The summed E-state index contributed by atoms with van der Waals surface area (Å²) >= 11 is 1.16. The summed E-state index contributed by atoms with van der Waals surface area (Å²) in [5, 5.41) is 3.41. The number of amides is 1. The molecule has 1 aromatic rings. The molecule has 1 amide bonds. The van der Waals surface area contributed by atoms with Crippen molar-refractivity contribution in [3.63, 3.8) is 0 Å². The van der Waals surface area contributed by atoms with Gasteiger partial charge >= 0.3 is 0 Å². The average Bonchev–Trinajstić information content (AvgIpc) is 3.11. The fraction of sp³-hybridized carbons (Fsp3) is 0.615. The second-order valence-corrected chi connectivity index (χ2v) is 8.12. The lowest BCUT2D eigenvalue weighted by atomic mass is 10.3. The Labute approximate surface area is 129 Å². The molecule has 0 bridgehead atoms. The van der Waals surface area contributed by atoms with E-state index >= 15 is 0 Å². The van der Waals surface area contributed by atoms with Crippen molar-refractivity contribution in [2.75, 3.05) is 30.0 Å². The molecule has 1 fully saturated rings. The minimum Gasteiger partial charge on any atom is -0.396 e. The molecular formula is C13H21N3O3S2. The highest BCUT2D eigenvalue weighted by Crippen LogP contribution is 2.41. The SMILES string of the molecule is CCN(CC)c1sc(C(=O)NC2CC2)c(N)c1S(C)(=O)=O. The second-order valence-electron chi connectivity index (χ2n) is 5.17. The molecule has 6 nitrogen and oxygen atoms in total. The van der Waals surface area contributed by atoms with Crippen molar-refractivity contribution in [3.8, 4) is 0 Å². The fourth-order valence-electron chi connectivity index (χ4n) is 2.14. The quantitative estimate of drug-likeness (QED) is 0.823. The van der Waals surface area contributed by atoms with Crippen molar-refractivity contribution < 1.29 is 13.2 Å². The van der Waals surface area contributed by atoms with Gasteiger partial charge in [0.05, 0.1) is 5.69 Å². The maximum absolute atomic E-state index is 12.2. The molecule has 21 heavy (non-hydrogen) atoms. The van der Waals surface area contributed by atoms with Gasteiger partial charge in [0.2, 0.25) is 0 Å². The van der Waals surface area contributed by atoms with E-state index in [-0.39, 0.29) is 22.5 Å². The lowest BCUT2D eigenvalue weighted by molar-refractivity contribution is 0.0956. The number of nitrogen functional groups attached to an aromatic ring is 1. The van der Waals surface area contributed by atoms with Crippen LogP contribution in [0.4, 0.5) is 10.7 Å². The van der Waals surface area contributed by atoms with Crippen molar-refractivity contribution in [3.05, 3.63) is 4.88 Å². The van der Waals surface area contributed by atoms with E-state index in [4.69, 9.17) is 5.73 Å². The summed E-state index contributed by atoms with van der Waals surface area (Å²) in [5.41, 5.74) is 6.05. The van der Waals surface area contributed by atoms with Crippen LogP contribution < -0.4 is 16.0 Å². The smallest absolute Gasteiger partial charge is 0.263 e. The highest BCUT2D eigenvalue weighted by atomic mass is 32.2. The number of nitrogens with zero attached hydrogens (tertiary/aromatic N) is 1. The average molecular weight is 331 g/mol. The Bertz CT molecular complexity index is 644. The highest BCUT2D eigenvalue weighted by Gasteiger charge is 2.31. The zero-order chi connectivity index (χ0) is 15.8. The Morgan fingerprint density at radius 1 is 1.38 bits per heavy atom. The maximum Gasteiger partial charge on any atom is 0.263 e. The standard InChI is InChI=1S/C13H21N3O3S2/c1-4-16(5-2)13-11(21(3,18)19)9(14)10(20-13)12(17)15-8-6-7-8/h8H,4-7,14H2,1-3H3,(H,15,17). The number of anilines is 2.